The fraction of sp³-hybridized carbons (Fsp3) is 0.235. The van der Waals surface area contributed by atoms with E-state index in [1.807, 2.05) is 26.1 Å². The van der Waals surface area contributed by atoms with E-state index >= 15 is 0 Å². The number of nitro benzene ring substituents is 1. The zero-order valence-electron chi connectivity index (χ0n) is 13.9. The van der Waals surface area contributed by atoms with Gasteiger partial charge in [-0.3, -0.25) is 10.1 Å². The van der Waals surface area contributed by atoms with Crippen LogP contribution in [0.4, 0.5) is 11.5 Å². The number of rotatable bonds is 6. The number of aryl methyl sites for hydroxylation is 2. The Balaban J connectivity index is 1.72. The molecule has 0 saturated carbocycles. The van der Waals surface area contributed by atoms with Crippen molar-refractivity contribution in [2.45, 2.75) is 20.3 Å². The van der Waals surface area contributed by atoms with Crippen LogP contribution in [0.3, 0.4) is 0 Å². The van der Waals surface area contributed by atoms with Crippen LogP contribution in [0.25, 0.3) is 11.4 Å². The summed E-state index contributed by atoms with van der Waals surface area (Å²) in [7, 11) is 0. The quantitative estimate of drug-likeness (QED) is 0.534. The maximum Gasteiger partial charge on any atom is 0.269 e. The van der Waals surface area contributed by atoms with Gasteiger partial charge in [0, 0.05) is 53.5 Å². The highest BCUT2D eigenvalue weighted by atomic mass is 32.1. The average Bonchev–Trinajstić information content (AvgIpc) is 3.00. The number of anilines is 1. The normalized spacial score (nSPS) is 10.6. The van der Waals surface area contributed by atoms with Crippen LogP contribution < -0.4 is 5.32 Å². The van der Waals surface area contributed by atoms with Crippen molar-refractivity contribution in [2.75, 3.05) is 11.9 Å². The van der Waals surface area contributed by atoms with Crippen LogP contribution in [-0.4, -0.2) is 26.4 Å². The number of hydrogen-bond acceptors (Lipinski definition) is 7. The minimum absolute atomic E-state index is 0.0495. The van der Waals surface area contributed by atoms with E-state index < -0.39 is 4.92 Å². The first-order valence-corrected chi connectivity index (χ1v) is 8.58. The number of hydrogen-bond donors (Lipinski definition) is 1. The number of nitro groups is 1. The predicted octanol–water partition coefficient (Wildman–Crippen LogP) is 3.78. The molecule has 0 aliphatic heterocycles. The molecule has 0 bridgehead atoms. The third-order valence-electron chi connectivity index (χ3n) is 3.50. The van der Waals surface area contributed by atoms with E-state index in [1.165, 1.54) is 17.0 Å². The second-order valence-electron chi connectivity index (χ2n) is 5.56. The summed E-state index contributed by atoms with van der Waals surface area (Å²) in [6.07, 6.45) is 2.70. The molecule has 0 unspecified atom stereocenters. The number of benzene rings is 1. The highest BCUT2D eigenvalue weighted by molar-refractivity contribution is 7.11. The number of non-ortho nitro benzene ring substituents is 1. The van der Waals surface area contributed by atoms with E-state index in [0.29, 0.717) is 5.82 Å². The van der Waals surface area contributed by atoms with E-state index in [2.05, 4.69) is 20.3 Å². The third-order valence-corrected chi connectivity index (χ3v) is 4.48. The van der Waals surface area contributed by atoms with Gasteiger partial charge in [-0.1, -0.05) is 0 Å². The van der Waals surface area contributed by atoms with Gasteiger partial charge in [-0.25, -0.2) is 15.0 Å². The van der Waals surface area contributed by atoms with Gasteiger partial charge in [0.25, 0.3) is 5.69 Å². The zero-order valence-corrected chi connectivity index (χ0v) is 14.7. The molecule has 25 heavy (non-hydrogen) atoms. The second kappa shape index (κ2) is 7.35. The van der Waals surface area contributed by atoms with Crippen molar-refractivity contribution in [2.24, 2.45) is 0 Å². The summed E-state index contributed by atoms with van der Waals surface area (Å²) in [5, 5.41) is 15.1. The van der Waals surface area contributed by atoms with E-state index in [4.69, 9.17) is 0 Å². The molecule has 0 amide bonds. The fourth-order valence-electron chi connectivity index (χ4n) is 2.33. The highest BCUT2D eigenvalue weighted by Gasteiger charge is 2.09. The van der Waals surface area contributed by atoms with Gasteiger partial charge in [-0.05, 0) is 26.0 Å². The lowest BCUT2D eigenvalue weighted by atomic mass is 10.2. The molecule has 3 rings (SSSR count). The summed E-state index contributed by atoms with van der Waals surface area (Å²) in [5.74, 6) is 1.27. The van der Waals surface area contributed by atoms with Crippen LogP contribution in [-0.2, 0) is 6.42 Å². The third kappa shape index (κ3) is 4.36. The van der Waals surface area contributed by atoms with Crippen molar-refractivity contribution in [1.82, 2.24) is 15.0 Å². The Morgan fingerprint density at radius 1 is 1.20 bits per heavy atom. The summed E-state index contributed by atoms with van der Waals surface area (Å²) >= 11 is 1.69. The molecule has 0 aliphatic rings. The van der Waals surface area contributed by atoms with E-state index in [0.717, 1.165) is 35.0 Å². The second-order valence-corrected chi connectivity index (χ2v) is 6.88. The van der Waals surface area contributed by atoms with E-state index in [9.17, 15) is 10.1 Å². The lowest BCUT2D eigenvalue weighted by Gasteiger charge is -2.08. The lowest BCUT2D eigenvalue weighted by molar-refractivity contribution is -0.384. The first-order valence-electron chi connectivity index (χ1n) is 7.77. The first kappa shape index (κ1) is 17.0. The molecular formula is C17H17N5O2S. The van der Waals surface area contributed by atoms with Crippen LogP contribution in [0, 0.1) is 24.0 Å². The Morgan fingerprint density at radius 2 is 1.96 bits per heavy atom. The van der Waals surface area contributed by atoms with Gasteiger partial charge in [-0.15, -0.1) is 11.3 Å². The van der Waals surface area contributed by atoms with Gasteiger partial charge in [0.1, 0.15) is 5.82 Å². The monoisotopic (exact) mass is 355 g/mol. The van der Waals surface area contributed by atoms with Gasteiger partial charge < -0.3 is 5.32 Å². The number of nitrogens with one attached hydrogen (secondary N) is 1. The van der Waals surface area contributed by atoms with Crippen molar-refractivity contribution in [3.63, 3.8) is 0 Å². The van der Waals surface area contributed by atoms with E-state index in [1.54, 1.807) is 23.5 Å². The standard InChI is InChI=1S/C17H17N5O2S/c1-11-9-15(18-8-7-16-19-10-12(2)25-16)21-17(20-11)13-3-5-14(6-4-13)22(23)24/h3-6,9-10H,7-8H2,1-2H3,(H,18,20,21). The zero-order chi connectivity index (χ0) is 17.8. The van der Waals surface area contributed by atoms with Gasteiger partial charge in [-0.2, -0.15) is 0 Å². The fourth-order valence-corrected chi connectivity index (χ4v) is 3.12. The minimum Gasteiger partial charge on any atom is -0.370 e. The first-order chi connectivity index (χ1) is 12.0. The van der Waals surface area contributed by atoms with Crippen molar-refractivity contribution >= 4 is 22.8 Å². The maximum absolute atomic E-state index is 10.8. The van der Waals surface area contributed by atoms with Crippen LogP contribution >= 0.6 is 11.3 Å². The molecule has 0 saturated heterocycles. The predicted molar refractivity (Wildman–Crippen MR) is 97.9 cm³/mol. The maximum atomic E-state index is 10.8. The molecule has 3 aromatic rings. The van der Waals surface area contributed by atoms with Gasteiger partial charge in [0.05, 0.1) is 9.93 Å². The van der Waals surface area contributed by atoms with Crippen LogP contribution in [0.15, 0.2) is 36.5 Å². The Bertz CT molecular complexity index is 892. The smallest absolute Gasteiger partial charge is 0.269 e. The van der Waals surface area contributed by atoms with Crippen LogP contribution in [0.5, 0.6) is 0 Å². The molecule has 0 fully saturated rings. The molecule has 2 heterocycles. The van der Waals surface area contributed by atoms with Crippen molar-refractivity contribution in [3.8, 4) is 11.4 Å². The molecule has 0 atom stereocenters. The highest BCUT2D eigenvalue weighted by Crippen LogP contribution is 2.21. The molecule has 0 aliphatic carbocycles. The SMILES string of the molecule is Cc1cc(NCCc2ncc(C)s2)nc(-c2ccc([N+](=O)[O-])cc2)n1. The molecule has 128 valence electrons. The molecule has 1 N–H and O–H groups in total. The molecule has 2 aromatic heterocycles. The van der Waals surface area contributed by atoms with E-state index in [-0.39, 0.29) is 5.69 Å². The Morgan fingerprint density at radius 3 is 2.60 bits per heavy atom. The Kier molecular flexibility index (Phi) is 4.99. The Hall–Kier alpha value is -2.87. The summed E-state index contributed by atoms with van der Waals surface area (Å²) < 4.78 is 0. The van der Waals surface area contributed by atoms with Crippen LogP contribution in [0.2, 0.25) is 0 Å². The van der Waals surface area contributed by atoms with Crippen molar-refractivity contribution < 1.29 is 4.92 Å². The molecule has 7 nitrogen and oxygen atoms in total. The Labute approximate surface area is 149 Å². The van der Waals surface area contributed by atoms with Crippen LogP contribution in [0.1, 0.15) is 15.6 Å². The summed E-state index contributed by atoms with van der Waals surface area (Å²) in [6.45, 7) is 4.66. The molecule has 8 heteroatoms. The molecule has 0 radical (unpaired) electrons. The van der Waals surface area contributed by atoms with Gasteiger partial charge in [0.2, 0.25) is 0 Å². The molecule has 1 aromatic carbocycles. The molecular weight excluding hydrogens is 338 g/mol. The van der Waals surface area contributed by atoms with Gasteiger partial charge in [0.15, 0.2) is 5.82 Å². The largest absolute Gasteiger partial charge is 0.370 e. The summed E-state index contributed by atoms with van der Waals surface area (Å²) in [4.78, 5) is 24.8. The minimum atomic E-state index is -0.422. The average molecular weight is 355 g/mol. The van der Waals surface area contributed by atoms with Crippen molar-refractivity contribution in [1.29, 1.82) is 0 Å². The summed E-state index contributed by atoms with van der Waals surface area (Å²) in [5.41, 5.74) is 1.62. The lowest BCUT2D eigenvalue weighted by Crippen LogP contribution is -2.07. The summed E-state index contributed by atoms with van der Waals surface area (Å²) in [6, 6.07) is 8.11. The number of nitrogens with zero attached hydrogens (tertiary/aromatic N) is 4. The molecule has 0 spiro atoms. The van der Waals surface area contributed by atoms with Gasteiger partial charge >= 0.3 is 0 Å². The number of thiazole rings is 1. The van der Waals surface area contributed by atoms with Crippen molar-refractivity contribution in [3.05, 3.63) is 62.2 Å². The topological polar surface area (TPSA) is 93.8 Å². The number of aromatic nitrogens is 3.